The summed E-state index contributed by atoms with van der Waals surface area (Å²) < 4.78 is 8.90. The predicted octanol–water partition coefficient (Wildman–Crippen LogP) is 0.313. The largest absolute Gasteiger partial charge is 0.507 e. The molecule has 1 rings (SSSR count). The van der Waals surface area contributed by atoms with Crippen molar-refractivity contribution >= 4 is 12.1 Å². The number of carbonyl (C=O) groups excluding carboxylic acids is 2. The van der Waals surface area contributed by atoms with Crippen LogP contribution in [0.4, 0.5) is 4.79 Å². The van der Waals surface area contributed by atoms with E-state index in [0.717, 1.165) is 0 Å². The van der Waals surface area contributed by atoms with Gasteiger partial charge in [-0.2, -0.15) is 0 Å². The molecule has 0 aromatic carbocycles. The number of hydrogen-bond donors (Lipinski definition) is 2. The van der Waals surface area contributed by atoms with Crippen molar-refractivity contribution in [2.45, 2.75) is 6.42 Å². The van der Waals surface area contributed by atoms with Crippen LogP contribution in [0.15, 0.2) is 12.4 Å². The minimum absolute atomic E-state index is 0.200. The summed E-state index contributed by atoms with van der Waals surface area (Å²) in [4.78, 5) is 28.3. The van der Waals surface area contributed by atoms with E-state index in [2.05, 4.69) is 24.8 Å². The molecule has 2 N–H and O–H groups in total. The Hall–Kier alpha value is -2.05. The number of H-pyrrole nitrogens is 1. The summed E-state index contributed by atoms with van der Waals surface area (Å²) in [5, 5.41) is 2.61. The molecular weight excluding hydrogens is 214 g/mol. The summed E-state index contributed by atoms with van der Waals surface area (Å²) in [6.07, 6.45) is 2.85. The van der Waals surface area contributed by atoms with E-state index in [-0.39, 0.29) is 18.3 Å². The van der Waals surface area contributed by atoms with Crippen LogP contribution >= 0.6 is 0 Å². The van der Waals surface area contributed by atoms with Crippen LogP contribution in [0.1, 0.15) is 17.0 Å². The molecule has 0 saturated heterocycles. The summed E-state index contributed by atoms with van der Waals surface area (Å²) in [5.74, 6) is -0.0306. The van der Waals surface area contributed by atoms with Crippen molar-refractivity contribution < 1.29 is 19.1 Å². The Kier molecular flexibility index (Phi) is 4.84. The second-order valence-electron chi connectivity index (χ2n) is 2.85. The number of nitrogens with zero attached hydrogens (tertiary/aromatic N) is 1. The number of aromatic nitrogens is 2. The zero-order valence-corrected chi connectivity index (χ0v) is 8.86. The van der Waals surface area contributed by atoms with Gasteiger partial charge in [0.2, 0.25) is 0 Å². The van der Waals surface area contributed by atoms with Crippen molar-refractivity contribution in [2.24, 2.45) is 0 Å². The maximum Gasteiger partial charge on any atom is 0.507 e. The molecule has 7 nitrogen and oxygen atoms in total. The van der Waals surface area contributed by atoms with Crippen LogP contribution in [-0.4, -0.2) is 42.3 Å². The Labute approximate surface area is 92.1 Å². The average molecular weight is 227 g/mol. The minimum Gasteiger partial charge on any atom is -0.438 e. The molecule has 0 unspecified atom stereocenters. The van der Waals surface area contributed by atoms with Gasteiger partial charge in [0.25, 0.3) is 5.91 Å². The zero-order valence-electron chi connectivity index (χ0n) is 8.86. The number of nitrogens with one attached hydrogen (secondary N) is 2. The molecule has 0 fully saturated rings. The third-order valence-electron chi connectivity index (χ3n) is 1.71. The molecule has 88 valence electrons. The standard InChI is InChI=1S/C9H13N3O4/c1-15-9(14)16-6-2-3-12-8(13)7-10-4-5-11-7/h4-5H,2-3,6H2,1H3,(H,10,11)(H,12,13). The van der Waals surface area contributed by atoms with Crippen LogP contribution in [0.3, 0.4) is 0 Å². The van der Waals surface area contributed by atoms with Gasteiger partial charge in [-0.3, -0.25) is 4.79 Å². The average Bonchev–Trinajstić information content (AvgIpc) is 2.81. The molecule has 0 spiro atoms. The number of rotatable bonds is 5. The van der Waals surface area contributed by atoms with Crippen LogP contribution < -0.4 is 5.32 Å². The van der Waals surface area contributed by atoms with Crippen LogP contribution in [0.5, 0.6) is 0 Å². The van der Waals surface area contributed by atoms with Crippen LogP contribution in [-0.2, 0) is 9.47 Å². The maximum absolute atomic E-state index is 11.3. The first kappa shape index (κ1) is 12.0. The molecular formula is C9H13N3O4. The normalized spacial score (nSPS) is 9.56. The number of imidazole rings is 1. The molecule has 7 heteroatoms. The van der Waals surface area contributed by atoms with Crippen molar-refractivity contribution in [3.63, 3.8) is 0 Å². The van der Waals surface area contributed by atoms with E-state index in [9.17, 15) is 9.59 Å². The Bertz CT molecular complexity index is 337. The van der Waals surface area contributed by atoms with E-state index in [4.69, 9.17) is 0 Å². The SMILES string of the molecule is COC(=O)OCCCNC(=O)c1ncc[nH]1. The van der Waals surface area contributed by atoms with Gasteiger partial charge in [-0.25, -0.2) is 9.78 Å². The summed E-state index contributed by atoms with van der Waals surface area (Å²) in [7, 11) is 1.24. The molecule has 0 atom stereocenters. The van der Waals surface area contributed by atoms with E-state index < -0.39 is 6.16 Å². The Morgan fingerprint density at radius 3 is 3.00 bits per heavy atom. The van der Waals surface area contributed by atoms with Gasteiger partial charge in [-0.15, -0.1) is 0 Å². The number of ether oxygens (including phenoxy) is 2. The van der Waals surface area contributed by atoms with Crippen LogP contribution in [0.2, 0.25) is 0 Å². The number of methoxy groups -OCH3 is 1. The van der Waals surface area contributed by atoms with Gasteiger partial charge in [0.15, 0.2) is 5.82 Å². The van der Waals surface area contributed by atoms with Gasteiger partial charge in [-0.05, 0) is 6.42 Å². The second kappa shape index (κ2) is 6.44. The van der Waals surface area contributed by atoms with Crippen molar-refractivity contribution in [1.82, 2.24) is 15.3 Å². The van der Waals surface area contributed by atoms with E-state index in [1.165, 1.54) is 13.3 Å². The Morgan fingerprint density at radius 2 is 2.38 bits per heavy atom. The quantitative estimate of drug-likeness (QED) is 0.558. The lowest BCUT2D eigenvalue weighted by Crippen LogP contribution is -2.26. The first-order valence-electron chi connectivity index (χ1n) is 4.72. The highest BCUT2D eigenvalue weighted by molar-refractivity contribution is 5.90. The van der Waals surface area contributed by atoms with Gasteiger partial charge in [0, 0.05) is 18.9 Å². The van der Waals surface area contributed by atoms with Crippen molar-refractivity contribution in [3.05, 3.63) is 18.2 Å². The van der Waals surface area contributed by atoms with E-state index in [1.54, 1.807) is 6.20 Å². The van der Waals surface area contributed by atoms with Crippen LogP contribution in [0, 0.1) is 0 Å². The molecule has 0 aliphatic rings. The fraction of sp³-hybridized carbons (Fsp3) is 0.444. The second-order valence-corrected chi connectivity index (χ2v) is 2.85. The summed E-state index contributed by atoms with van der Waals surface area (Å²) >= 11 is 0. The monoisotopic (exact) mass is 227 g/mol. The van der Waals surface area contributed by atoms with Crippen LogP contribution in [0.25, 0.3) is 0 Å². The van der Waals surface area contributed by atoms with Gasteiger partial charge in [-0.1, -0.05) is 0 Å². The molecule has 1 heterocycles. The topological polar surface area (TPSA) is 93.3 Å². The number of amides is 1. The summed E-state index contributed by atoms with van der Waals surface area (Å²) in [6, 6.07) is 0. The fourth-order valence-corrected chi connectivity index (χ4v) is 0.962. The third-order valence-corrected chi connectivity index (χ3v) is 1.71. The van der Waals surface area contributed by atoms with E-state index in [1.807, 2.05) is 0 Å². The number of aromatic amines is 1. The first-order chi connectivity index (χ1) is 7.74. The van der Waals surface area contributed by atoms with Gasteiger partial charge in [0.05, 0.1) is 13.7 Å². The highest BCUT2D eigenvalue weighted by Gasteiger charge is 2.06. The highest BCUT2D eigenvalue weighted by Crippen LogP contribution is 1.89. The summed E-state index contributed by atoms with van der Waals surface area (Å²) in [6.45, 7) is 0.599. The van der Waals surface area contributed by atoms with Crippen molar-refractivity contribution in [2.75, 3.05) is 20.3 Å². The molecule has 1 aromatic heterocycles. The molecule has 0 bridgehead atoms. The number of hydrogen-bond acceptors (Lipinski definition) is 5. The van der Waals surface area contributed by atoms with Gasteiger partial charge >= 0.3 is 6.16 Å². The molecule has 0 aliphatic carbocycles. The minimum atomic E-state index is -0.725. The molecule has 16 heavy (non-hydrogen) atoms. The Morgan fingerprint density at radius 1 is 1.56 bits per heavy atom. The highest BCUT2D eigenvalue weighted by atomic mass is 16.7. The lowest BCUT2D eigenvalue weighted by atomic mass is 10.4. The van der Waals surface area contributed by atoms with Gasteiger partial charge in [0.1, 0.15) is 0 Å². The number of carbonyl (C=O) groups is 2. The van der Waals surface area contributed by atoms with Crippen molar-refractivity contribution in [1.29, 1.82) is 0 Å². The maximum atomic E-state index is 11.3. The molecule has 1 amide bonds. The lowest BCUT2D eigenvalue weighted by molar-refractivity contribution is 0.0716. The smallest absolute Gasteiger partial charge is 0.438 e. The predicted molar refractivity (Wildman–Crippen MR) is 53.9 cm³/mol. The molecule has 0 saturated carbocycles. The van der Waals surface area contributed by atoms with E-state index >= 15 is 0 Å². The molecule has 0 radical (unpaired) electrons. The lowest BCUT2D eigenvalue weighted by Gasteiger charge is -2.04. The Balaban J connectivity index is 2.08. The fourth-order valence-electron chi connectivity index (χ4n) is 0.962. The van der Waals surface area contributed by atoms with Crippen molar-refractivity contribution in [3.8, 4) is 0 Å². The third kappa shape index (κ3) is 3.99. The zero-order chi connectivity index (χ0) is 11.8. The molecule has 1 aromatic rings. The molecule has 0 aliphatic heterocycles. The van der Waals surface area contributed by atoms with E-state index in [0.29, 0.717) is 13.0 Å². The summed E-state index contributed by atoms with van der Waals surface area (Å²) in [5.41, 5.74) is 0. The first-order valence-corrected chi connectivity index (χ1v) is 4.72. The van der Waals surface area contributed by atoms with Gasteiger partial charge < -0.3 is 19.8 Å².